The summed E-state index contributed by atoms with van der Waals surface area (Å²) >= 11 is 11.3. The predicted molar refractivity (Wildman–Crippen MR) is 96.5 cm³/mol. The lowest BCUT2D eigenvalue weighted by Gasteiger charge is -2.13. The maximum atomic E-state index is 5.98. The number of halogens is 1. The summed E-state index contributed by atoms with van der Waals surface area (Å²) in [6.45, 7) is 4.70. The van der Waals surface area contributed by atoms with E-state index >= 15 is 0 Å². The molecule has 1 aliphatic heterocycles. The largest absolute Gasteiger partial charge is 0.333 e. The summed E-state index contributed by atoms with van der Waals surface area (Å²) in [5.74, 6) is 1.14. The van der Waals surface area contributed by atoms with Crippen molar-refractivity contribution < 1.29 is 0 Å². The summed E-state index contributed by atoms with van der Waals surface area (Å²) in [6, 6.07) is 11.8. The van der Waals surface area contributed by atoms with Gasteiger partial charge in [0.25, 0.3) is 0 Å². The van der Waals surface area contributed by atoms with Crippen molar-refractivity contribution in [1.82, 2.24) is 4.98 Å². The van der Waals surface area contributed by atoms with E-state index in [2.05, 4.69) is 30.2 Å². The van der Waals surface area contributed by atoms with Crippen LogP contribution in [0.5, 0.6) is 0 Å². The second-order valence-corrected chi connectivity index (χ2v) is 6.44. The fourth-order valence-electron chi connectivity index (χ4n) is 2.34. The molecule has 0 spiro atoms. The van der Waals surface area contributed by atoms with E-state index < -0.39 is 0 Å². The minimum Gasteiger partial charge on any atom is -0.333 e. The molecular weight excluding hydrogens is 314 g/mol. The molecule has 0 bridgehead atoms. The minimum absolute atomic E-state index is 0.361. The molecule has 3 rings (SSSR count). The van der Waals surface area contributed by atoms with Crippen molar-refractivity contribution in [1.29, 1.82) is 0 Å². The standard InChI is InChI=1S/C17H16ClN3S/c1-10(2)14-8-7-13-16(11-3-5-12(18)6-4-11)19-9-15(22)21-17(13)20-14/h3-8,10H,9H2,1-2H3,(H,20,21,22). The van der Waals surface area contributed by atoms with Gasteiger partial charge in [0, 0.05) is 21.8 Å². The van der Waals surface area contributed by atoms with Crippen LogP contribution in [-0.2, 0) is 0 Å². The van der Waals surface area contributed by atoms with Crippen LogP contribution in [0.25, 0.3) is 0 Å². The molecular formula is C17H16ClN3S. The van der Waals surface area contributed by atoms with Gasteiger partial charge in [0.05, 0.1) is 12.3 Å². The second kappa shape index (κ2) is 6.15. The van der Waals surface area contributed by atoms with Crippen LogP contribution in [0.4, 0.5) is 5.82 Å². The van der Waals surface area contributed by atoms with Crippen molar-refractivity contribution in [2.45, 2.75) is 19.8 Å². The number of nitrogens with one attached hydrogen (secondary N) is 1. The molecule has 0 aliphatic carbocycles. The van der Waals surface area contributed by atoms with E-state index in [9.17, 15) is 0 Å². The van der Waals surface area contributed by atoms with Gasteiger partial charge in [0.1, 0.15) is 10.8 Å². The van der Waals surface area contributed by atoms with Gasteiger partial charge in [-0.1, -0.05) is 49.8 Å². The Kier molecular flexibility index (Phi) is 4.23. The number of hydrogen-bond donors (Lipinski definition) is 1. The van der Waals surface area contributed by atoms with Gasteiger partial charge in [-0.25, -0.2) is 4.98 Å². The highest BCUT2D eigenvalue weighted by molar-refractivity contribution is 7.80. The van der Waals surface area contributed by atoms with Crippen molar-refractivity contribution in [3.8, 4) is 0 Å². The number of aromatic nitrogens is 1. The zero-order chi connectivity index (χ0) is 15.7. The molecule has 0 saturated carbocycles. The Hall–Kier alpha value is -1.78. The summed E-state index contributed by atoms with van der Waals surface area (Å²) in [4.78, 5) is 10.0. The molecule has 1 aliphatic rings. The maximum absolute atomic E-state index is 5.98. The maximum Gasteiger partial charge on any atom is 0.140 e. The quantitative estimate of drug-likeness (QED) is 0.827. The number of thiocarbonyl (C=S) groups is 1. The first-order chi connectivity index (χ1) is 10.5. The second-order valence-electron chi connectivity index (χ2n) is 5.51. The number of hydrogen-bond acceptors (Lipinski definition) is 3. The lowest BCUT2D eigenvalue weighted by atomic mass is 10.0. The van der Waals surface area contributed by atoms with Crippen molar-refractivity contribution in [2.24, 2.45) is 4.99 Å². The van der Waals surface area contributed by atoms with E-state index in [-0.39, 0.29) is 0 Å². The van der Waals surface area contributed by atoms with Gasteiger partial charge in [0.2, 0.25) is 0 Å². The third-order valence-electron chi connectivity index (χ3n) is 3.52. The number of anilines is 1. The van der Waals surface area contributed by atoms with Crippen LogP contribution in [0.2, 0.25) is 5.02 Å². The van der Waals surface area contributed by atoms with Gasteiger partial charge < -0.3 is 5.32 Å². The Morgan fingerprint density at radius 1 is 1.14 bits per heavy atom. The predicted octanol–water partition coefficient (Wildman–Crippen LogP) is 4.45. The molecule has 3 nitrogen and oxygen atoms in total. The van der Waals surface area contributed by atoms with Gasteiger partial charge in [0.15, 0.2) is 0 Å². The Labute approximate surface area is 140 Å². The monoisotopic (exact) mass is 329 g/mol. The molecule has 22 heavy (non-hydrogen) atoms. The highest BCUT2D eigenvalue weighted by Crippen LogP contribution is 2.24. The van der Waals surface area contributed by atoms with Crippen LogP contribution < -0.4 is 5.32 Å². The van der Waals surface area contributed by atoms with Gasteiger partial charge in [-0.15, -0.1) is 0 Å². The molecule has 5 heteroatoms. The average molecular weight is 330 g/mol. The molecule has 0 unspecified atom stereocenters. The third kappa shape index (κ3) is 3.03. The number of rotatable bonds is 2. The summed E-state index contributed by atoms with van der Waals surface area (Å²) < 4.78 is 0. The molecule has 0 saturated heterocycles. The van der Waals surface area contributed by atoms with E-state index in [4.69, 9.17) is 28.8 Å². The minimum atomic E-state index is 0.361. The van der Waals surface area contributed by atoms with Crippen LogP contribution in [0.3, 0.4) is 0 Å². The molecule has 2 aromatic rings. The normalized spacial score (nSPS) is 14.2. The first kappa shape index (κ1) is 15.1. The van der Waals surface area contributed by atoms with Gasteiger partial charge in [-0.05, 0) is 30.2 Å². The molecule has 1 N–H and O–H groups in total. The molecule has 2 heterocycles. The Morgan fingerprint density at radius 3 is 2.55 bits per heavy atom. The van der Waals surface area contributed by atoms with Gasteiger partial charge in [-0.3, -0.25) is 4.99 Å². The Bertz CT molecular complexity index is 751. The summed E-state index contributed by atoms with van der Waals surface area (Å²) in [6.07, 6.45) is 0. The van der Waals surface area contributed by atoms with E-state index in [1.807, 2.05) is 30.3 Å². The summed E-state index contributed by atoms with van der Waals surface area (Å²) in [5.41, 5.74) is 3.90. The molecule has 1 aromatic heterocycles. The van der Waals surface area contributed by atoms with Crippen LogP contribution in [0.15, 0.2) is 41.4 Å². The number of benzene rings is 1. The Morgan fingerprint density at radius 2 is 1.86 bits per heavy atom. The van der Waals surface area contributed by atoms with Gasteiger partial charge >= 0.3 is 0 Å². The van der Waals surface area contributed by atoms with E-state index in [0.29, 0.717) is 22.5 Å². The first-order valence-corrected chi connectivity index (χ1v) is 7.95. The molecule has 1 aromatic carbocycles. The first-order valence-electron chi connectivity index (χ1n) is 7.16. The zero-order valence-corrected chi connectivity index (χ0v) is 14.0. The smallest absolute Gasteiger partial charge is 0.140 e. The number of nitrogens with zero attached hydrogens (tertiary/aromatic N) is 2. The molecule has 0 atom stereocenters. The topological polar surface area (TPSA) is 37.3 Å². The fraction of sp³-hybridized carbons (Fsp3) is 0.235. The fourth-order valence-corrected chi connectivity index (χ4v) is 2.63. The van der Waals surface area contributed by atoms with Crippen LogP contribution >= 0.6 is 23.8 Å². The van der Waals surface area contributed by atoms with Crippen molar-refractivity contribution in [3.05, 3.63) is 58.2 Å². The number of aliphatic imine (C=N–C) groups is 1. The zero-order valence-electron chi connectivity index (χ0n) is 12.4. The van der Waals surface area contributed by atoms with Gasteiger partial charge in [-0.2, -0.15) is 0 Å². The van der Waals surface area contributed by atoms with E-state index in [1.165, 1.54) is 0 Å². The number of fused-ring (bicyclic) bond motifs is 1. The van der Waals surface area contributed by atoms with Crippen molar-refractivity contribution in [3.63, 3.8) is 0 Å². The highest BCUT2D eigenvalue weighted by Gasteiger charge is 2.18. The van der Waals surface area contributed by atoms with E-state index in [0.717, 1.165) is 28.4 Å². The molecule has 0 fully saturated rings. The van der Waals surface area contributed by atoms with Crippen molar-refractivity contribution in [2.75, 3.05) is 11.9 Å². The average Bonchev–Trinajstić information content (AvgIpc) is 2.65. The SMILES string of the molecule is CC(C)c1ccc2c(n1)NC(=S)CN=C2c1ccc(Cl)cc1. The van der Waals surface area contributed by atoms with Crippen LogP contribution in [0, 0.1) is 0 Å². The summed E-state index contributed by atoms with van der Waals surface area (Å²) in [5, 5.41) is 3.92. The molecule has 0 amide bonds. The number of pyridine rings is 1. The lowest BCUT2D eigenvalue weighted by molar-refractivity contribution is 0.825. The highest BCUT2D eigenvalue weighted by atomic mass is 35.5. The Balaban J connectivity index is 2.12. The lowest BCUT2D eigenvalue weighted by Crippen LogP contribution is -2.13. The summed E-state index contributed by atoms with van der Waals surface area (Å²) in [7, 11) is 0. The van der Waals surface area contributed by atoms with Crippen LogP contribution in [0.1, 0.15) is 36.6 Å². The molecule has 0 radical (unpaired) electrons. The third-order valence-corrected chi connectivity index (χ3v) is 4.00. The molecule has 112 valence electrons. The van der Waals surface area contributed by atoms with Crippen LogP contribution in [-0.4, -0.2) is 22.2 Å². The van der Waals surface area contributed by atoms with E-state index in [1.54, 1.807) is 0 Å². The van der Waals surface area contributed by atoms with Crippen molar-refractivity contribution >= 4 is 40.3 Å².